The van der Waals surface area contributed by atoms with E-state index in [1.54, 1.807) is 13.2 Å². The van der Waals surface area contributed by atoms with E-state index in [0.29, 0.717) is 39.9 Å². The Balaban J connectivity index is 1.61. The summed E-state index contributed by atoms with van der Waals surface area (Å²) in [4.78, 5) is 27.1. The first-order chi connectivity index (χ1) is 14.4. The summed E-state index contributed by atoms with van der Waals surface area (Å²) < 4.78 is 16.7. The number of fused-ring (bicyclic) bond motifs is 3. The normalized spacial score (nSPS) is 19.3. The van der Waals surface area contributed by atoms with Gasteiger partial charge in [0.05, 0.1) is 12.5 Å². The number of nitrogens with zero attached hydrogens (tertiary/aromatic N) is 1. The molecule has 6 nitrogen and oxygen atoms in total. The second-order valence-corrected chi connectivity index (χ2v) is 8.40. The minimum Gasteiger partial charge on any atom is -0.497 e. The number of hydrogen-bond acceptors (Lipinski definition) is 5. The molecule has 1 aliphatic heterocycles. The zero-order chi connectivity index (χ0) is 21.4. The van der Waals surface area contributed by atoms with Crippen molar-refractivity contribution in [1.82, 2.24) is 4.90 Å². The lowest BCUT2D eigenvalue weighted by molar-refractivity contribution is -0.136. The predicted octanol–water partition coefficient (Wildman–Crippen LogP) is 4.15. The molecule has 1 amide bonds. The van der Waals surface area contributed by atoms with Gasteiger partial charge in [0.1, 0.15) is 17.1 Å². The zero-order valence-corrected chi connectivity index (χ0v) is 17.9. The molecule has 3 aromatic rings. The fourth-order valence-electron chi connectivity index (χ4n) is 4.47. The zero-order valence-electron chi connectivity index (χ0n) is 17.9. The highest BCUT2D eigenvalue weighted by molar-refractivity contribution is 6.06. The molecule has 0 aliphatic carbocycles. The number of likely N-dealkylation sites (tertiary alicyclic amines) is 1. The molecule has 0 radical (unpaired) electrons. The van der Waals surface area contributed by atoms with Crippen LogP contribution in [0.5, 0.6) is 11.5 Å². The Morgan fingerprint density at radius 1 is 1.10 bits per heavy atom. The summed E-state index contributed by atoms with van der Waals surface area (Å²) in [6.07, 6.45) is 1.15. The summed E-state index contributed by atoms with van der Waals surface area (Å²) in [5, 5.41) is 2.09. The SMILES string of the molecule is COc1ccc2c(c1)c(=O)oc1c(C)c(OCC(=O)N3C[C@@H](C)C[C@H](C)C3)ccc12. The van der Waals surface area contributed by atoms with Gasteiger partial charge in [-0.2, -0.15) is 0 Å². The van der Waals surface area contributed by atoms with Crippen LogP contribution in [0, 0.1) is 18.8 Å². The van der Waals surface area contributed by atoms with Crippen molar-refractivity contribution in [1.29, 1.82) is 0 Å². The van der Waals surface area contributed by atoms with Crippen molar-refractivity contribution in [2.75, 3.05) is 26.8 Å². The average molecular weight is 409 g/mol. The second kappa shape index (κ2) is 8.01. The van der Waals surface area contributed by atoms with Crippen molar-refractivity contribution in [3.63, 3.8) is 0 Å². The Kier molecular flexibility index (Phi) is 5.41. The molecule has 1 aromatic heterocycles. The number of rotatable bonds is 4. The third-order valence-electron chi connectivity index (χ3n) is 5.86. The molecule has 158 valence electrons. The number of hydrogen-bond donors (Lipinski definition) is 0. The molecule has 4 rings (SSSR count). The minimum absolute atomic E-state index is 0.0139. The van der Waals surface area contributed by atoms with Gasteiger partial charge in [-0.1, -0.05) is 13.8 Å². The van der Waals surface area contributed by atoms with Crippen molar-refractivity contribution in [2.24, 2.45) is 11.8 Å². The van der Waals surface area contributed by atoms with E-state index in [0.717, 1.165) is 30.3 Å². The maximum absolute atomic E-state index is 12.6. The Morgan fingerprint density at radius 2 is 1.80 bits per heavy atom. The highest BCUT2D eigenvalue weighted by Crippen LogP contribution is 2.32. The van der Waals surface area contributed by atoms with Gasteiger partial charge in [0, 0.05) is 29.4 Å². The number of carbonyl (C=O) groups excluding carboxylic acids is 1. The number of methoxy groups -OCH3 is 1. The van der Waals surface area contributed by atoms with Crippen LogP contribution in [0.2, 0.25) is 0 Å². The van der Waals surface area contributed by atoms with Gasteiger partial charge in [-0.05, 0) is 55.5 Å². The summed E-state index contributed by atoms with van der Waals surface area (Å²) in [6, 6.07) is 9.05. The van der Waals surface area contributed by atoms with Gasteiger partial charge in [0.15, 0.2) is 6.61 Å². The third kappa shape index (κ3) is 3.74. The van der Waals surface area contributed by atoms with Crippen molar-refractivity contribution >= 4 is 27.6 Å². The Hall–Kier alpha value is -3.02. The molecule has 0 unspecified atom stereocenters. The predicted molar refractivity (Wildman–Crippen MR) is 116 cm³/mol. The molecular formula is C24H27NO5. The fourth-order valence-corrected chi connectivity index (χ4v) is 4.47. The number of carbonyl (C=O) groups is 1. The topological polar surface area (TPSA) is 69.0 Å². The Labute approximate surface area is 175 Å². The van der Waals surface area contributed by atoms with Crippen LogP contribution in [0.3, 0.4) is 0 Å². The maximum atomic E-state index is 12.6. The van der Waals surface area contributed by atoms with Crippen LogP contribution in [0.25, 0.3) is 21.7 Å². The molecule has 2 heterocycles. The van der Waals surface area contributed by atoms with E-state index in [9.17, 15) is 9.59 Å². The van der Waals surface area contributed by atoms with Crippen LogP contribution in [0.1, 0.15) is 25.8 Å². The van der Waals surface area contributed by atoms with Crippen LogP contribution < -0.4 is 15.1 Å². The summed E-state index contributed by atoms with van der Waals surface area (Å²) in [5.41, 5.74) is 0.752. The van der Waals surface area contributed by atoms with Crippen LogP contribution in [0.4, 0.5) is 0 Å². The fraction of sp³-hybridized carbons (Fsp3) is 0.417. The molecule has 0 saturated carbocycles. The number of amides is 1. The third-order valence-corrected chi connectivity index (χ3v) is 5.86. The van der Waals surface area contributed by atoms with E-state index >= 15 is 0 Å². The van der Waals surface area contributed by atoms with Gasteiger partial charge in [-0.3, -0.25) is 4.79 Å². The lowest BCUT2D eigenvalue weighted by Gasteiger charge is -2.34. The molecule has 1 aliphatic rings. The van der Waals surface area contributed by atoms with Gasteiger partial charge < -0.3 is 18.8 Å². The lowest BCUT2D eigenvalue weighted by atomic mass is 9.92. The van der Waals surface area contributed by atoms with E-state index in [4.69, 9.17) is 13.9 Å². The number of piperidine rings is 1. The van der Waals surface area contributed by atoms with E-state index < -0.39 is 5.63 Å². The molecule has 0 bridgehead atoms. The molecule has 1 fully saturated rings. The largest absolute Gasteiger partial charge is 0.497 e. The number of aryl methyl sites for hydroxylation is 1. The van der Waals surface area contributed by atoms with Crippen LogP contribution in [-0.2, 0) is 4.79 Å². The summed E-state index contributed by atoms with van der Waals surface area (Å²) in [5.74, 6) is 2.14. The smallest absolute Gasteiger partial charge is 0.344 e. The average Bonchev–Trinajstić information content (AvgIpc) is 2.72. The van der Waals surface area contributed by atoms with E-state index in [1.165, 1.54) is 0 Å². The summed E-state index contributed by atoms with van der Waals surface area (Å²) >= 11 is 0. The molecule has 30 heavy (non-hydrogen) atoms. The van der Waals surface area contributed by atoms with Crippen LogP contribution in [0.15, 0.2) is 39.5 Å². The molecule has 6 heteroatoms. The summed E-state index contributed by atoms with van der Waals surface area (Å²) in [7, 11) is 1.56. The van der Waals surface area contributed by atoms with Gasteiger partial charge in [0.2, 0.25) is 0 Å². The first-order valence-corrected chi connectivity index (χ1v) is 10.3. The van der Waals surface area contributed by atoms with Crippen LogP contribution in [-0.4, -0.2) is 37.6 Å². The van der Waals surface area contributed by atoms with E-state index in [2.05, 4.69) is 13.8 Å². The first kappa shape index (κ1) is 20.3. The van der Waals surface area contributed by atoms with Crippen molar-refractivity contribution in [2.45, 2.75) is 27.2 Å². The molecular weight excluding hydrogens is 382 g/mol. The second-order valence-electron chi connectivity index (χ2n) is 8.40. The van der Waals surface area contributed by atoms with Gasteiger partial charge in [-0.15, -0.1) is 0 Å². The standard InChI is InChI=1S/C24H27NO5/c1-14-9-15(2)12-25(11-14)22(26)13-29-21-8-7-19-18-6-5-17(28-4)10-20(18)24(27)30-23(19)16(21)3/h5-8,10,14-15H,9,11-13H2,1-4H3/t14-,15-/m0/s1. The number of benzene rings is 2. The highest BCUT2D eigenvalue weighted by Gasteiger charge is 2.25. The van der Waals surface area contributed by atoms with Gasteiger partial charge in [0.25, 0.3) is 5.91 Å². The molecule has 2 aromatic carbocycles. The van der Waals surface area contributed by atoms with Crippen LogP contribution >= 0.6 is 0 Å². The van der Waals surface area contributed by atoms with Crippen molar-refractivity contribution < 1.29 is 18.7 Å². The molecule has 0 spiro atoms. The molecule has 1 saturated heterocycles. The Morgan fingerprint density at radius 3 is 2.50 bits per heavy atom. The minimum atomic E-state index is -0.427. The van der Waals surface area contributed by atoms with E-state index in [1.807, 2.05) is 36.1 Å². The maximum Gasteiger partial charge on any atom is 0.344 e. The van der Waals surface area contributed by atoms with Gasteiger partial charge in [-0.25, -0.2) is 4.79 Å². The van der Waals surface area contributed by atoms with Gasteiger partial charge >= 0.3 is 5.63 Å². The quantitative estimate of drug-likeness (QED) is 0.478. The number of ether oxygens (including phenoxy) is 2. The Bertz CT molecular complexity index is 1160. The molecule has 0 N–H and O–H groups in total. The summed E-state index contributed by atoms with van der Waals surface area (Å²) in [6.45, 7) is 7.70. The van der Waals surface area contributed by atoms with Crippen molar-refractivity contribution in [3.8, 4) is 11.5 Å². The van der Waals surface area contributed by atoms with E-state index in [-0.39, 0.29) is 12.5 Å². The lowest BCUT2D eigenvalue weighted by Crippen LogP contribution is -2.44. The van der Waals surface area contributed by atoms with Crippen molar-refractivity contribution in [3.05, 3.63) is 46.3 Å². The molecule has 2 atom stereocenters. The first-order valence-electron chi connectivity index (χ1n) is 10.3. The monoisotopic (exact) mass is 409 g/mol. The highest BCUT2D eigenvalue weighted by atomic mass is 16.5.